The van der Waals surface area contributed by atoms with E-state index in [0.29, 0.717) is 24.5 Å². The summed E-state index contributed by atoms with van der Waals surface area (Å²) in [5.74, 6) is 0.0973. The highest BCUT2D eigenvalue weighted by Gasteiger charge is 2.54. The van der Waals surface area contributed by atoms with Crippen LogP contribution in [0.15, 0.2) is 69.7 Å². The van der Waals surface area contributed by atoms with Crippen LogP contribution in [0.5, 0.6) is 0 Å². The maximum absolute atomic E-state index is 13.0. The average Bonchev–Trinajstić information content (AvgIpc) is 3.14. The molecule has 4 rings (SSSR count). The first-order chi connectivity index (χ1) is 11.5. The van der Waals surface area contributed by atoms with Gasteiger partial charge in [-0.1, -0.05) is 48.0 Å². The van der Waals surface area contributed by atoms with Gasteiger partial charge in [-0.25, -0.2) is 8.42 Å². The van der Waals surface area contributed by atoms with Crippen molar-refractivity contribution in [3.63, 3.8) is 0 Å². The fourth-order valence-electron chi connectivity index (χ4n) is 3.60. The third-order valence-corrected chi connectivity index (χ3v) is 6.83. The summed E-state index contributed by atoms with van der Waals surface area (Å²) in [6.45, 7) is 3.33. The van der Waals surface area contributed by atoms with Crippen LogP contribution in [-0.2, 0) is 15.6 Å². The van der Waals surface area contributed by atoms with Gasteiger partial charge >= 0.3 is 0 Å². The van der Waals surface area contributed by atoms with Crippen LogP contribution < -0.4 is 0 Å². The standard InChI is InChI=1S/C18H19N3O2S/c1-14-7-9-17(10-8-14)24(22,23)21-12-16-11-19-20-18(16,13-21)15-5-3-2-4-6-15/h2-10,16H,11-13H2,1H3/t16-,18-/m1/s1. The zero-order valence-electron chi connectivity index (χ0n) is 13.5. The molecule has 0 bridgehead atoms. The summed E-state index contributed by atoms with van der Waals surface area (Å²) >= 11 is 0. The second-order valence-electron chi connectivity index (χ2n) is 6.52. The van der Waals surface area contributed by atoms with Crippen LogP contribution in [0.3, 0.4) is 0 Å². The Morgan fingerprint density at radius 2 is 1.79 bits per heavy atom. The first-order valence-electron chi connectivity index (χ1n) is 8.03. The zero-order chi connectivity index (χ0) is 16.8. The molecule has 0 aromatic heterocycles. The molecule has 5 nitrogen and oxygen atoms in total. The highest BCUT2D eigenvalue weighted by Crippen LogP contribution is 2.46. The Hall–Kier alpha value is -2.05. The van der Waals surface area contributed by atoms with Gasteiger partial charge in [-0.05, 0) is 24.6 Å². The molecule has 6 heteroatoms. The van der Waals surface area contributed by atoms with E-state index in [2.05, 4.69) is 10.2 Å². The van der Waals surface area contributed by atoms with Crippen LogP contribution in [0.1, 0.15) is 11.1 Å². The SMILES string of the molecule is Cc1ccc(S(=O)(=O)N2C[C@H]3CN=N[C@@]3(c3ccccc3)C2)cc1. The lowest BCUT2D eigenvalue weighted by molar-refractivity contribution is 0.402. The predicted molar refractivity (Wildman–Crippen MR) is 91.3 cm³/mol. The maximum Gasteiger partial charge on any atom is 0.243 e. The molecule has 0 spiro atoms. The number of sulfonamides is 1. The van der Waals surface area contributed by atoms with Crippen molar-refractivity contribution < 1.29 is 8.42 Å². The molecule has 2 atom stereocenters. The topological polar surface area (TPSA) is 62.1 Å². The number of nitrogens with zero attached hydrogens (tertiary/aromatic N) is 3. The number of aryl methyl sites for hydroxylation is 1. The van der Waals surface area contributed by atoms with Crippen molar-refractivity contribution in [3.05, 3.63) is 65.7 Å². The van der Waals surface area contributed by atoms with Crippen LogP contribution in [0.2, 0.25) is 0 Å². The van der Waals surface area contributed by atoms with E-state index in [0.717, 1.165) is 11.1 Å². The van der Waals surface area contributed by atoms with Crippen molar-refractivity contribution in [2.75, 3.05) is 19.6 Å². The van der Waals surface area contributed by atoms with E-state index < -0.39 is 15.6 Å². The molecule has 0 aliphatic carbocycles. The predicted octanol–water partition coefficient (Wildman–Crippen LogP) is 2.98. The Kier molecular flexibility index (Phi) is 3.54. The molecule has 0 saturated carbocycles. The Morgan fingerprint density at radius 1 is 1.08 bits per heavy atom. The molecule has 1 fully saturated rings. The van der Waals surface area contributed by atoms with Gasteiger partial charge in [0.15, 0.2) is 0 Å². The molecule has 2 aliphatic heterocycles. The summed E-state index contributed by atoms with van der Waals surface area (Å²) in [4.78, 5) is 0.341. The van der Waals surface area contributed by atoms with E-state index in [1.165, 1.54) is 0 Å². The fraction of sp³-hybridized carbons (Fsp3) is 0.333. The van der Waals surface area contributed by atoms with E-state index in [-0.39, 0.29) is 5.92 Å². The minimum Gasteiger partial charge on any atom is -0.207 e. The van der Waals surface area contributed by atoms with Crippen LogP contribution in [0.4, 0.5) is 0 Å². The molecule has 0 amide bonds. The molecular formula is C18H19N3O2S. The number of benzene rings is 2. The van der Waals surface area contributed by atoms with E-state index in [9.17, 15) is 8.42 Å². The first-order valence-corrected chi connectivity index (χ1v) is 9.47. The molecule has 0 N–H and O–H groups in total. The van der Waals surface area contributed by atoms with Gasteiger partial charge < -0.3 is 0 Å². The van der Waals surface area contributed by atoms with Crippen molar-refractivity contribution in [3.8, 4) is 0 Å². The minimum absolute atomic E-state index is 0.0973. The van der Waals surface area contributed by atoms with Crippen molar-refractivity contribution in [2.24, 2.45) is 16.1 Å². The van der Waals surface area contributed by atoms with E-state index in [1.54, 1.807) is 16.4 Å². The lowest BCUT2D eigenvalue weighted by atomic mass is 9.82. The van der Waals surface area contributed by atoms with Gasteiger partial charge in [0, 0.05) is 19.0 Å². The molecule has 2 aliphatic rings. The lowest BCUT2D eigenvalue weighted by Crippen LogP contribution is -2.33. The third-order valence-electron chi connectivity index (χ3n) is 5.00. The minimum atomic E-state index is -3.51. The Balaban J connectivity index is 1.71. The summed E-state index contributed by atoms with van der Waals surface area (Å²) in [7, 11) is -3.51. The second-order valence-corrected chi connectivity index (χ2v) is 8.46. The monoisotopic (exact) mass is 341 g/mol. The quantitative estimate of drug-likeness (QED) is 0.861. The second kappa shape index (κ2) is 5.50. The van der Waals surface area contributed by atoms with Crippen LogP contribution in [0, 0.1) is 12.8 Å². The summed E-state index contributed by atoms with van der Waals surface area (Å²) in [5, 5.41) is 8.71. The molecular weight excluding hydrogens is 322 g/mol. The summed E-state index contributed by atoms with van der Waals surface area (Å²) in [6.07, 6.45) is 0. The van der Waals surface area contributed by atoms with Crippen molar-refractivity contribution in [1.29, 1.82) is 0 Å². The number of azo groups is 1. The lowest BCUT2D eigenvalue weighted by Gasteiger charge is -2.24. The zero-order valence-corrected chi connectivity index (χ0v) is 14.3. The van der Waals surface area contributed by atoms with Gasteiger partial charge in [-0.3, -0.25) is 0 Å². The molecule has 2 aromatic carbocycles. The fourth-order valence-corrected chi connectivity index (χ4v) is 5.12. The molecule has 2 aromatic rings. The van der Waals surface area contributed by atoms with Gasteiger partial charge in [-0.2, -0.15) is 14.5 Å². The number of fused-ring (bicyclic) bond motifs is 1. The van der Waals surface area contributed by atoms with E-state index in [4.69, 9.17) is 0 Å². The molecule has 0 unspecified atom stereocenters. The van der Waals surface area contributed by atoms with Crippen molar-refractivity contribution >= 4 is 10.0 Å². The van der Waals surface area contributed by atoms with Gasteiger partial charge in [0.1, 0.15) is 5.54 Å². The average molecular weight is 341 g/mol. The van der Waals surface area contributed by atoms with Gasteiger partial charge in [0.05, 0.1) is 11.4 Å². The van der Waals surface area contributed by atoms with E-state index >= 15 is 0 Å². The number of rotatable bonds is 3. The summed E-state index contributed by atoms with van der Waals surface area (Å²) in [5.41, 5.74) is 1.54. The normalized spacial score (nSPS) is 26.6. The van der Waals surface area contributed by atoms with Gasteiger partial charge in [0.25, 0.3) is 0 Å². The Labute approximate surface area is 142 Å². The summed E-state index contributed by atoms with van der Waals surface area (Å²) in [6, 6.07) is 16.9. The largest absolute Gasteiger partial charge is 0.243 e. The summed E-state index contributed by atoms with van der Waals surface area (Å²) < 4.78 is 27.6. The highest BCUT2D eigenvalue weighted by atomic mass is 32.2. The number of hydrogen-bond acceptors (Lipinski definition) is 4. The van der Waals surface area contributed by atoms with Crippen LogP contribution >= 0.6 is 0 Å². The smallest absolute Gasteiger partial charge is 0.207 e. The molecule has 2 heterocycles. The molecule has 1 saturated heterocycles. The highest BCUT2D eigenvalue weighted by molar-refractivity contribution is 7.89. The Morgan fingerprint density at radius 3 is 2.50 bits per heavy atom. The van der Waals surface area contributed by atoms with Gasteiger partial charge in [-0.15, -0.1) is 0 Å². The van der Waals surface area contributed by atoms with Gasteiger partial charge in [0.2, 0.25) is 10.0 Å². The van der Waals surface area contributed by atoms with Crippen molar-refractivity contribution in [2.45, 2.75) is 17.4 Å². The van der Waals surface area contributed by atoms with Crippen LogP contribution in [0.25, 0.3) is 0 Å². The maximum atomic E-state index is 13.0. The van der Waals surface area contributed by atoms with E-state index in [1.807, 2.05) is 49.4 Å². The number of hydrogen-bond donors (Lipinski definition) is 0. The Bertz CT molecular complexity index is 878. The molecule has 124 valence electrons. The molecule has 24 heavy (non-hydrogen) atoms. The first kappa shape index (κ1) is 15.5. The van der Waals surface area contributed by atoms with Crippen molar-refractivity contribution in [1.82, 2.24) is 4.31 Å². The molecule has 0 radical (unpaired) electrons. The van der Waals surface area contributed by atoms with Crippen LogP contribution in [-0.4, -0.2) is 32.4 Å². The third kappa shape index (κ3) is 2.29.